The highest BCUT2D eigenvalue weighted by Crippen LogP contribution is 2.32. The number of amides is 1. The molecule has 2 aliphatic heterocycles. The molecule has 2 aliphatic rings. The Morgan fingerprint density at radius 2 is 2.29 bits per heavy atom. The van der Waals surface area contributed by atoms with Crippen molar-refractivity contribution in [3.05, 3.63) is 30.1 Å². The molecule has 3 heterocycles. The van der Waals surface area contributed by atoms with Crippen LogP contribution in [0.1, 0.15) is 31.2 Å². The molecule has 0 spiro atoms. The van der Waals surface area contributed by atoms with Crippen molar-refractivity contribution in [1.29, 1.82) is 0 Å². The molecule has 0 radical (unpaired) electrons. The van der Waals surface area contributed by atoms with Crippen LogP contribution in [0, 0.1) is 5.92 Å². The van der Waals surface area contributed by atoms with E-state index in [-0.39, 0.29) is 5.91 Å². The van der Waals surface area contributed by atoms with Gasteiger partial charge in [-0.15, -0.1) is 0 Å². The summed E-state index contributed by atoms with van der Waals surface area (Å²) in [5.41, 5.74) is 0.00269. The fourth-order valence-electron chi connectivity index (χ4n) is 3.17. The minimum atomic E-state index is -0.846. The zero-order valence-corrected chi connectivity index (χ0v) is 12.2. The molecule has 0 unspecified atom stereocenters. The fourth-order valence-corrected chi connectivity index (χ4v) is 3.17. The number of pyridine rings is 1. The van der Waals surface area contributed by atoms with E-state index in [4.69, 9.17) is 4.74 Å². The second kappa shape index (κ2) is 6.12. The van der Waals surface area contributed by atoms with E-state index >= 15 is 0 Å². The van der Waals surface area contributed by atoms with Crippen molar-refractivity contribution in [2.75, 3.05) is 26.3 Å². The lowest BCUT2D eigenvalue weighted by Gasteiger charge is -2.38. The van der Waals surface area contributed by atoms with Crippen molar-refractivity contribution in [3.63, 3.8) is 0 Å². The first-order chi connectivity index (χ1) is 10.2. The SMILES string of the molecule is O=C(C[C@H]1CCOC1)N1CCC(O)(c2cccnc2)CC1. The number of aromatic nitrogens is 1. The Hall–Kier alpha value is -1.46. The maximum atomic E-state index is 12.3. The van der Waals surface area contributed by atoms with Gasteiger partial charge in [0.25, 0.3) is 0 Å². The van der Waals surface area contributed by atoms with E-state index in [2.05, 4.69) is 4.98 Å². The molecule has 5 nitrogen and oxygen atoms in total. The summed E-state index contributed by atoms with van der Waals surface area (Å²) in [4.78, 5) is 18.2. The molecule has 0 saturated carbocycles. The number of rotatable bonds is 3. The summed E-state index contributed by atoms with van der Waals surface area (Å²) in [7, 11) is 0. The molecule has 0 bridgehead atoms. The third-order valence-corrected chi connectivity index (χ3v) is 4.63. The van der Waals surface area contributed by atoms with Gasteiger partial charge in [-0.25, -0.2) is 0 Å². The van der Waals surface area contributed by atoms with Crippen LogP contribution < -0.4 is 0 Å². The van der Waals surface area contributed by atoms with Crippen LogP contribution in [-0.4, -0.2) is 47.2 Å². The summed E-state index contributed by atoms with van der Waals surface area (Å²) in [6.07, 6.45) is 6.13. The molecular formula is C16H22N2O3. The predicted molar refractivity (Wildman–Crippen MR) is 77.5 cm³/mol. The second-order valence-corrected chi connectivity index (χ2v) is 6.09. The average Bonchev–Trinajstić information content (AvgIpc) is 3.02. The first kappa shape index (κ1) is 14.5. The number of hydrogen-bond donors (Lipinski definition) is 1. The Labute approximate surface area is 124 Å². The Bertz CT molecular complexity index is 478. The topological polar surface area (TPSA) is 62.7 Å². The van der Waals surface area contributed by atoms with Crippen LogP contribution in [0.5, 0.6) is 0 Å². The monoisotopic (exact) mass is 290 g/mol. The lowest BCUT2D eigenvalue weighted by molar-refractivity contribution is -0.136. The van der Waals surface area contributed by atoms with Gasteiger partial charge in [0.15, 0.2) is 0 Å². The van der Waals surface area contributed by atoms with Gasteiger partial charge in [-0.2, -0.15) is 0 Å². The highest BCUT2D eigenvalue weighted by Gasteiger charge is 2.36. The van der Waals surface area contributed by atoms with Crippen molar-refractivity contribution < 1.29 is 14.6 Å². The Morgan fingerprint density at radius 3 is 2.90 bits per heavy atom. The van der Waals surface area contributed by atoms with Gasteiger partial charge in [-0.05, 0) is 31.2 Å². The van der Waals surface area contributed by atoms with Crippen LogP contribution in [0.3, 0.4) is 0 Å². The van der Waals surface area contributed by atoms with E-state index < -0.39 is 5.60 Å². The maximum absolute atomic E-state index is 12.3. The minimum Gasteiger partial charge on any atom is -0.385 e. The molecule has 1 aromatic heterocycles. The smallest absolute Gasteiger partial charge is 0.222 e. The standard InChI is InChI=1S/C16H22N2O3/c19-15(10-13-3-9-21-12-13)18-7-4-16(20,5-8-18)14-2-1-6-17-11-14/h1-2,6,11,13,20H,3-5,7-10,12H2/t13-/m1/s1. The molecule has 3 rings (SSSR count). The van der Waals surface area contributed by atoms with E-state index in [1.807, 2.05) is 17.0 Å². The van der Waals surface area contributed by atoms with Gasteiger partial charge in [-0.3, -0.25) is 9.78 Å². The van der Waals surface area contributed by atoms with Crippen LogP contribution in [-0.2, 0) is 15.1 Å². The summed E-state index contributed by atoms with van der Waals surface area (Å²) in [6, 6.07) is 3.74. The van der Waals surface area contributed by atoms with E-state index in [0.29, 0.717) is 44.9 Å². The molecule has 2 saturated heterocycles. The van der Waals surface area contributed by atoms with Crippen molar-refractivity contribution in [3.8, 4) is 0 Å². The lowest BCUT2D eigenvalue weighted by Crippen LogP contribution is -2.45. The zero-order chi connectivity index (χ0) is 14.7. The number of likely N-dealkylation sites (tertiary alicyclic amines) is 1. The molecular weight excluding hydrogens is 268 g/mol. The van der Waals surface area contributed by atoms with E-state index in [0.717, 1.165) is 18.6 Å². The number of aliphatic hydroxyl groups is 1. The summed E-state index contributed by atoms with van der Waals surface area (Å²) in [6.45, 7) is 2.70. The number of hydrogen-bond acceptors (Lipinski definition) is 4. The van der Waals surface area contributed by atoms with Crippen LogP contribution >= 0.6 is 0 Å². The average molecular weight is 290 g/mol. The van der Waals surface area contributed by atoms with E-state index in [9.17, 15) is 9.90 Å². The molecule has 5 heteroatoms. The predicted octanol–water partition coefficient (Wildman–Crippen LogP) is 1.32. The van der Waals surface area contributed by atoms with Gasteiger partial charge in [0.1, 0.15) is 0 Å². The van der Waals surface area contributed by atoms with Crippen LogP contribution in [0.4, 0.5) is 0 Å². The molecule has 2 fully saturated rings. The normalized spacial score (nSPS) is 25.0. The van der Waals surface area contributed by atoms with Crippen molar-refractivity contribution in [2.45, 2.75) is 31.3 Å². The van der Waals surface area contributed by atoms with Crippen LogP contribution in [0.25, 0.3) is 0 Å². The highest BCUT2D eigenvalue weighted by molar-refractivity contribution is 5.76. The third-order valence-electron chi connectivity index (χ3n) is 4.63. The van der Waals surface area contributed by atoms with Gasteiger partial charge in [0.05, 0.1) is 5.60 Å². The second-order valence-electron chi connectivity index (χ2n) is 6.09. The third kappa shape index (κ3) is 3.24. The van der Waals surface area contributed by atoms with E-state index in [1.54, 1.807) is 12.4 Å². The Morgan fingerprint density at radius 1 is 1.48 bits per heavy atom. The first-order valence-electron chi connectivity index (χ1n) is 7.66. The number of carbonyl (C=O) groups is 1. The van der Waals surface area contributed by atoms with Crippen LogP contribution in [0.15, 0.2) is 24.5 Å². The van der Waals surface area contributed by atoms with Crippen molar-refractivity contribution in [1.82, 2.24) is 9.88 Å². The van der Waals surface area contributed by atoms with E-state index in [1.165, 1.54) is 0 Å². The minimum absolute atomic E-state index is 0.193. The number of carbonyl (C=O) groups excluding carboxylic acids is 1. The van der Waals surface area contributed by atoms with Gasteiger partial charge in [0.2, 0.25) is 5.91 Å². The number of piperidine rings is 1. The molecule has 0 aromatic carbocycles. The maximum Gasteiger partial charge on any atom is 0.222 e. The fraction of sp³-hybridized carbons (Fsp3) is 0.625. The molecule has 1 N–H and O–H groups in total. The van der Waals surface area contributed by atoms with Crippen molar-refractivity contribution in [2.24, 2.45) is 5.92 Å². The molecule has 21 heavy (non-hydrogen) atoms. The Balaban J connectivity index is 1.56. The molecule has 1 amide bonds. The molecule has 1 aromatic rings. The molecule has 1 atom stereocenters. The summed E-state index contributed by atoms with van der Waals surface area (Å²) in [5.74, 6) is 0.565. The highest BCUT2D eigenvalue weighted by atomic mass is 16.5. The largest absolute Gasteiger partial charge is 0.385 e. The number of nitrogens with zero attached hydrogens (tertiary/aromatic N) is 2. The van der Waals surface area contributed by atoms with Gasteiger partial charge >= 0.3 is 0 Å². The van der Waals surface area contributed by atoms with Crippen molar-refractivity contribution >= 4 is 5.91 Å². The summed E-state index contributed by atoms with van der Waals surface area (Å²) in [5, 5.41) is 10.7. The first-order valence-corrected chi connectivity index (χ1v) is 7.66. The summed E-state index contributed by atoms with van der Waals surface area (Å²) < 4.78 is 5.32. The molecule has 0 aliphatic carbocycles. The summed E-state index contributed by atoms with van der Waals surface area (Å²) >= 11 is 0. The van der Waals surface area contributed by atoms with Crippen LogP contribution in [0.2, 0.25) is 0 Å². The zero-order valence-electron chi connectivity index (χ0n) is 12.2. The molecule has 114 valence electrons. The lowest BCUT2D eigenvalue weighted by atomic mass is 9.85. The van der Waals surface area contributed by atoms with Gasteiger partial charge < -0.3 is 14.7 Å². The number of ether oxygens (including phenoxy) is 1. The Kier molecular flexibility index (Phi) is 4.22. The van der Waals surface area contributed by atoms with Gasteiger partial charge in [-0.1, -0.05) is 6.07 Å². The van der Waals surface area contributed by atoms with Gasteiger partial charge in [0, 0.05) is 50.7 Å². The quantitative estimate of drug-likeness (QED) is 0.912.